The van der Waals surface area contributed by atoms with Crippen LogP contribution in [0.1, 0.15) is 22.8 Å². The Balaban J connectivity index is 1.86. The smallest absolute Gasteiger partial charge is 0.277 e. The second-order valence-electron chi connectivity index (χ2n) is 6.86. The number of hydrogen-bond acceptors (Lipinski definition) is 6. The number of carbonyl (C=O) groups excluding carboxylic acids is 1. The maximum Gasteiger partial charge on any atom is 0.277 e. The molecule has 1 amide bonds. The van der Waals surface area contributed by atoms with E-state index in [-0.39, 0.29) is 11.5 Å². The van der Waals surface area contributed by atoms with Gasteiger partial charge in [-0.1, -0.05) is 0 Å². The number of benzene rings is 1. The molecule has 0 saturated carbocycles. The van der Waals surface area contributed by atoms with E-state index in [9.17, 15) is 9.59 Å². The highest BCUT2D eigenvalue weighted by atomic mass is 16.1. The van der Waals surface area contributed by atoms with Gasteiger partial charge in [-0.15, -0.1) is 0 Å². The first-order valence-electron chi connectivity index (χ1n) is 9.25. The number of fused-ring (bicyclic) bond motifs is 3. The third-order valence-corrected chi connectivity index (χ3v) is 4.83. The van der Waals surface area contributed by atoms with Crippen LogP contribution in [0.3, 0.4) is 0 Å². The number of aryl methyl sites for hydroxylation is 1. The van der Waals surface area contributed by atoms with Gasteiger partial charge in [-0.05, 0) is 25.1 Å². The minimum absolute atomic E-state index is 0.136. The molecule has 3 heterocycles. The van der Waals surface area contributed by atoms with Crippen molar-refractivity contribution in [1.29, 1.82) is 0 Å². The van der Waals surface area contributed by atoms with Crippen molar-refractivity contribution < 1.29 is 4.79 Å². The molecule has 0 unspecified atom stereocenters. The van der Waals surface area contributed by atoms with Crippen LogP contribution >= 0.6 is 0 Å². The predicted octanol–water partition coefficient (Wildman–Crippen LogP) is 1.46. The number of nitrogens with one attached hydrogen (secondary N) is 1. The molecule has 0 saturated heterocycles. The molecule has 0 bridgehead atoms. The zero-order valence-corrected chi connectivity index (χ0v) is 16.5. The largest absolute Gasteiger partial charge is 0.377 e. The first-order valence-corrected chi connectivity index (χ1v) is 9.25. The average Bonchev–Trinajstić information content (AvgIpc) is 3.23. The Morgan fingerprint density at radius 3 is 2.59 bits per heavy atom. The van der Waals surface area contributed by atoms with Crippen LogP contribution in [-0.2, 0) is 13.1 Å². The zero-order chi connectivity index (χ0) is 20.5. The van der Waals surface area contributed by atoms with Gasteiger partial charge in [0.2, 0.25) is 0 Å². The van der Waals surface area contributed by atoms with Crippen LogP contribution in [0.4, 0.5) is 5.69 Å². The summed E-state index contributed by atoms with van der Waals surface area (Å²) in [5.74, 6) is -0.241. The molecule has 0 aliphatic heterocycles. The molecule has 9 heteroatoms. The quantitative estimate of drug-likeness (QED) is 0.553. The molecular formula is C20H21N7O2. The van der Waals surface area contributed by atoms with E-state index in [1.54, 1.807) is 39.8 Å². The summed E-state index contributed by atoms with van der Waals surface area (Å²) in [6.07, 6.45) is 6.36. The summed E-state index contributed by atoms with van der Waals surface area (Å²) in [7, 11) is 3.75. The zero-order valence-electron chi connectivity index (χ0n) is 16.5. The van der Waals surface area contributed by atoms with Crippen LogP contribution < -0.4 is 15.8 Å². The number of rotatable bonds is 5. The molecule has 1 aromatic carbocycles. The molecule has 9 nitrogen and oxygen atoms in total. The average molecular weight is 391 g/mol. The van der Waals surface area contributed by atoms with Crippen LogP contribution in [0.2, 0.25) is 0 Å². The van der Waals surface area contributed by atoms with Gasteiger partial charge in [-0.2, -0.15) is 5.10 Å². The van der Waals surface area contributed by atoms with Crippen molar-refractivity contribution >= 4 is 28.1 Å². The number of nitrogens with zero attached hydrogens (tertiary/aromatic N) is 6. The van der Waals surface area contributed by atoms with Crippen molar-refractivity contribution in [1.82, 2.24) is 29.5 Å². The van der Waals surface area contributed by atoms with Crippen LogP contribution in [0, 0.1) is 0 Å². The standard InChI is InChI=1S/C20H21N7O2/c1-4-26-17-7-14(19(28)23-11-13-9-21-12-22-10-13)16(25(2)3)8-18(17)27-15(20(26)29)5-6-24-27/h5-10,12H,4,11H2,1-3H3,(H,23,28). The maximum absolute atomic E-state index is 13.0. The molecule has 29 heavy (non-hydrogen) atoms. The van der Waals surface area contributed by atoms with Gasteiger partial charge < -0.3 is 14.8 Å². The van der Waals surface area contributed by atoms with Crippen molar-refractivity contribution in [3.8, 4) is 0 Å². The molecule has 0 radical (unpaired) electrons. The lowest BCUT2D eigenvalue weighted by Gasteiger charge is -2.20. The minimum atomic E-state index is -0.241. The fraction of sp³-hybridized carbons (Fsp3) is 0.250. The van der Waals surface area contributed by atoms with E-state index >= 15 is 0 Å². The minimum Gasteiger partial charge on any atom is -0.377 e. The molecule has 3 aromatic heterocycles. The number of amides is 1. The summed E-state index contributed by atoms with van der Waals surface area (Å²) in [5.41, 5.74) is 3.81. The molecule has 4 rings (SSSR count). The van der Waals surface area contributed by atoms with Gasteiger partial charge >= 0.3 is 0 Å². The number of carbonyl (C=O) groups is 1. The fourth-order valence-electron chi connectivity index (χ4n) is 3.42. The fourth-order valence-corrected chi connectivity index (χ4v) is 3.42. The molecule has 0 aliphatic carbocycles. The Bertz CT molecular complexity index is 1260. The van der Waals surface area contributed by atoms with Crippen LogP contribution in [0.5, 0.6) is 0 Å². The molecule has 148 valence electrons. The topological polar surface area (TPSA) is 97.4 Å². The molecule has 0 fully saturated rings. The van der Waals surface area contributed by atoms with E-state index in [1.165, 1.54) is 6.33 Å². The molecule has 0 spiro atoms. The van der Waals surface area contributed by atoms with Crippen LogP contribution in [-0.4, -0.2) is 44.2 Å². The van der Waals surface area contributed by atoms with E-state index in [0.29, 0.717) is 29.7 Å². The van der Waals surface area contributed by atoms with Crippen molar-refractivity contribution in [2.45, 2.75) is 20.0 Å². The highest BCUT2D eigenvalue weighted by Crippen LogP contribution is 2.26. The van der Waals surface area contributed by atoms with E-state index < -0.39 is 0 Å². The summed E-state index contributed by atoms with van der Waals surface area (Å²) >= 11 is 0. The SMILES string of the molecule is CCn1c(=O)c2ccnn2c2cc(N(C)C)c(C(=O)NCc3cncnc3)cc21. The van der Waals surface area contributed by atoms with Gasteiger partial charge in [0.25, 0.3) is 11.5 Å². The Labute approximate surface area is 166 Å². The lowest BCUT2D eigenvalue weighted by molar-refractivity contribution is 0.0951. The normalized spacial score (nSPS) is 11.1. The molecular weight excluding hydrogens is 370 g/mol. The summed E-state index contributed by atoms with van der Waals surface area (Å²) in [6, 6.07) is 5.35. The van der Waals surface area contributed by atoms with Gasteiger partial charge in [-0.25, -0.2) is 14.5 Å². The summed E-state index contributed by atoms with van der Waals surface area (Å²) < 4.78 is 3.29. The van der Waals surface area contributed by atoms with E-state index in [1.807, 2.05) is 32.0 Å². The molecule has 4 aromatic rings. The van der Waals surface area contributed by atoms with Gasteiger partial charge in [0, 0.05) is 45.1 Å². The van der Waals surface area contributed by atoms with Crippen molar-refractivity contribution in [3.63, 3.8) is 0 Å². The lowest BCUT2D eigenvalue weighted by atomic mass is 10.1. The number of aromatic nitrogens is 5. The number of anilines is 1. The van der Waals surface area contributed by atoms with Gasteiger partial charge in [0.15, 0.2) is 0 Å². The Morgan fingerprint density at radius 1 is 1.14 bits per heavy atom. The summed E-state index contributed by atoms with van der Waals surface area (Å²) in [4.78, 5) is 35.6. The third-order valence-electron chi connectivity index (χ3n) is 4.83. The van der Waals surface area contributed by atoms with E-state index in [4.69, 9.17) is 0 Å². The highest BCUT2D eigenvalue weighted by Gasteiger charge is 2.19. The Hall–Kier alpha value is -3.75. The maximum atomic E-state index is 13.0. The van der Waals surface area contributed by atoms with E-state index in [2.05, 4.69) is 20.4 Å². The summed E-state index contributed by atoms with van der Waals surface area (Å²) in [6.45, 7) is 2.70. The van der Waals surface area contributed by atoms with Gasteiger partial charge in [-0.3, -0.25) is 9.59 Å². The van der Waals surface area contributed by atoms with Gasteiger partial charge in [0.05, 0.1) is 28.5 Å². The van der Waals surface area contributed by atoms with E-state index in [0.717, 1.165) is 16.8 Å². The predicted molar refractivity (Wildman–Crippen MR) is 110 cm³/mol. The van der Waals surface area contributed by atoms with Crippen molar-refractivity contribution in [2.75, 3.05) is 19.0 Å². The first-order chi connectivity index (χ1) is 14.0. The second-order valence-corrected chi connectivity index (χ2v) is 6.86. The molecule has 0 atom stereocenters. The van der Waals surface area contributed by atoms with Gasteiger partial charge in [0.1, 0.15) is 11.8 Å². The monoisotopic (exact) mass is 391 g/mol. The second kappa shape index (κ2) is 7.34. The molecule has 1 N–H and O–H groups in total. The van der Waals surface area contributed by atoms with Crippen molar-refractivity contribution in [2.24, 2.45) is 0 Å². The van der Waals surface area contributed by atoms with Crippen LogP contribution in [0.25, 0.3) is 16.6 Å². The summed E-state index contributed by atoms with van der Waals surface area (Å²) in [5, 5.41) is 7.21. The number of hydrogen-bond donors (Lipinski definition) is 1. The van der Waals surface area contributed by atoms with Crippen molar-refractivity contribution in [3.05, 3.63) is 64.6 Å². The Morgan fingerprint density at radius 2 is 1.90 bits per heavy atom. The lowest BCUT2D eigenvalue weighted by Crippen LogP contribution is -2.27. The highest BCUT2D eigenvalue weighted by molar-refractivity contribution is 6.03. The molecule has 0 aliphatic rings. The third kappa shape index (κ3) is 3.20. The first kappa shape index (κ1) is 18.6. The Kier molecular flexibility index (Phi) is 4.71. The van der Waals surface area contributed by atoms with Crippen LogP contribution in [0.15, 0.2) is 47.9 Å².